The van der Waals surface area contributed by atoms with Gasteiger partial charge in [-0.05, 0) is 49.2 Å². The fourth-order valence-electron chi connectivity index (χ4n) is 5.41. The molecule has 6 rings (SSSR count). The van der Waals surface area contributed by atoms with Crippen LogP contribution in [-0.2, 0) is 7.05 Å². The number of hydrogen-bond acceptors (Lipinski definition) is 8. The number of fused-ring (bicyclic) bond motifs is 2. The van der Waals surface area contributed by atoms with Gasteiger partial charge in [-0.25, -0.2) is 9.78 Å². The minimum absolute atomic E-state index is 0.328. The van der Waals surface area contributed by atoms with Gasteiger partial charge < -0.3 is 14.1 Å². The fraction of sp³-hybridized carbons (Fsp3) is 0.300. The van der Waals surface area contributed by atoms with Crippen LogP contribution < -0.4 is 10.5 Å². The van der Waals surface area contributed by atoms with E-state index < -0.39 is 5.76 Å². The summed E-state index contributed by atoms with van der Waals surface area (Å²) in [6.45, 7) is 3.17. The molecule has 0 amide bonds. The summed E-state index contributed by atoms with van der Waals surface area (Å²) < 4.78 is 15.1. The lowest BCUT2D eigenvalue weighted by molar-refractivity contribution is 0.126. The second-order valence-electron chi connectivity index (χ2n) is 10.1. The summed E-state index contributed by atoms with van der Waals surface area (Å²) in [6.07, 6.45) is 6.19. The van der Waals surface area contributed by atoms with E-state index in [0.29, 0.717) is 53.0 Å². The van der Waals surface area contributed by atoms with Crippen molar-refractivity contribution in [1.82, 2.24) is 23.8 Å². The van der Waals surface area contributed by atoms with Crippen molar-refractivity contribution in [3.8, 4) is 40.5 Å². The maximum absolute atomic E-state index is 12.1. The molecule has 1 saturated heterocycles. The molecule has 0 N–H and O–H groups in total. The number of hydrogen-bond donors (Lipinski definition) is 0. The second kappa shape index (κ2) is 10.7. The Morgan fingerprint density at radius 1 is 1.15 bits per heavy atom. The average molecular weight is 534 g/mol. The van der Waals surface area contributed by atoms with Gasteiger partial charge in [0, 0.05) is 50.4 Å². The molecule has 10 nitrogen and oxygen atoms in total. The SMILES string of the molecule is Cn1c(=O)oc2cc(-c3c(-c4ccc(C#N)cc4)nc(OC[C@@H]4CCCN(CCC#N)C4)n4ccnc34)ccc21. The van der Waals surface area contributed by atoms with Gasteiger partial charge >= 0.3 is 11.8 Å². The van der Waals surface area contributed by atoms with E-state index in [9.17, 15) is 10.1 Å². The first-order valence-electron chi connectivity index (χ1n) is 13.3. The number of benzene rings is 2. The maximum Gasteiger partial charge on any atom is 0.419 e. The highest BCUT2D eigenvalue weighted by Crippen LogP contribution is 2.37. The number of piperidine rings is 1. The number of rotatable bonds is 7. The van der Waals surface area contributed by atoms with E-state index in [1.807, 2.05) is 40.9 Å². The van der Waals surface area contributed by atoms with E-state index in [4.69, 9.17) is 19.4 Å². The van der Waals surface area contributed by atoms with E-state index in [1.54, 1.807) is 25.4 Å². The minimum Gasteiger partial charge on any atom is -0.464 e. The third-order valence-corrected chi connectivity index (χ3v) is 7.47. The van der Waals surface area contributed by atoms with Crippen LogP contribution in [0.15, 0.2) is 64.1 Å². The number of ether oxygens (including phenoxy) is 1. The van der Waals surface area contributed by atoms with Crippen molar-refractivity contribution in [2.45, 2.75) is 19.3 Å². The van der Waals surface area contributed by atoms with Crippen molar-refractivity contribution in [3.05, 3.63) is 71.0 Å². The first kappa shape index (κ1) is 25.4. The number of nitrogens with zero attached hydrogens (tertiary/aromatic N) is 7. The van der Waals surface area contributed by atoms with E-state index in [0.717, 1.165) is 49.2 Å². The van der Waals surface area contributed by atoms with Gasteiger partial charge in [0.25, 0.3) is 0 Å². The summed E-state index contributed by atoms with van der Waals surface area (Å²) in [7, 11) is 1.67. The number of imidazole rings is 1. The predicted octanol–water partition coefficient (Wildman–Crippen LogP) is 4.38. The smallest absolute Gasteiger partial charge is 0.419 e. The predicted molar refractivity (Wildman–Crippen MR) is 148 cm³/mol. The Kier molecular flexibility index (Phi) is 6.77. The molecule has 10 heteroatoms. The van der Waals surface area contributed by atoms with E-state index in [2.05, 4.69) is 22.0 Å². The zero-order chi connectivity index (χ0) is 27.6. The van der Waals surface area contributed by atoms with Crippen LogP contribution in [0.3, 0.4) is 0 Å². The zero-order valence-electron chi connectivity index (χ0n) is 22.1. The number of oxazole rings is 1. The fourth-order valence-corrected chi connectivity index (χ4v) is 5.41. The van der Waals surface area contributed by atoms with Crippen LogP contribution in [0, 0.1) is 28.6 Å². The summed E-state index contributed by atoms with van der Waals surface area (Å²) >= 11 is 0. The molecule has 4 heterocycles. The highest BCUT2D eigenvalue weighted by molar-refractivity contribution is 5.93. The molecular formula is C30H27N7O3. The van der Waals surface area contributed by atoms with Crippen LogP contribution >= 0.6 is 0 Å². The summed E-state index contributed by atoms with van der Waals surface area (Å²) in [5.74, 6) is -0.101. The molecule has 1 aliphatic heterocycles. The highest BCUT2D eigenvalue weighted by Gasteiger charge is 2.23. The van der Waals surface area contributed by atoms with Crippen molar-refractivity contribution in [2.24, 2.45) is 13.0 Å². The van der Waals surface area contributed by atoms with Gasteiger partial charge in [-0.3, -0.25) is 8.97 Å². The van der Waals surface area contributed by atoms with E-state index >= 15 is 0 Å². The van der Waals surface area contributed by atoms with Gasteiger partial charge in [0.1, 0.15) is 0 Å². The Morgan fingerprint density at radius 3 is 2.77 bits per heavy atom. The standard InChI is InChI=1S/C30H27N7O3/c1-35-24-10-9-23(16-25(24)40-30(35)38)26-27(22-7-5-20(17-32)6-8-22)34-29(37-15-12-33-28(26)37)39-19-21-4-2-13-36(18-21)14-3-11-31/h5-10,12,15-16,21H,2-4,13-14,18-19H2,1H3/t21-/m1/s1. The van der Waals surface area contributed by atoms with E-state index in [-0.39, 0.29) is 0 Å². The summed E-state index contributed by atoms with van der Waals surface area (Å²) in [6, 6.07) is 17.7. The lowest BCUT2D eigenvalue weighted by Crippen LogP contribution is -2.38. The number of nitriles is 2. The molecule has 0 radical (unpaired) electrons. The molecule has 1 atom stereocenters. The second-order valence-corrected chi connectivity index (χ2v) is 10.1. The molecule has 5 aromatic rings. The minimum atomic E-state index is -0.429. The molecular weight excluding hydrogens is 506 g/mol. The van der Waals surface area contributed by atoms with Crippen LogP contribution in [0.4, 0.5) is 0 Å². The normalized spacial score (nSPS) is 15.7. The number of likely N-dealkylation sites (tertiary alicyclic amines) is 1. The molecule has 0 saturated carbocycles. The van der Waals surface area contributed by atoms with Gasteiger partial charge in [-0.15, -0.1) is 0 Å². The van der Waals surface area contributed by atoms with Crippen LogP contribution in [0.5, 0.6) is 6.01 Å². The van der Waals surface area contributed by atoms with Crippen molar-refractivity contribution in [3.63, 3.8) is 0 Å². The first-order chi connectivity index (χ1) is 19.6. The first-order valence-corrected chi connectivity index (χ1v) is 13.3. The van der Waals surface area contributed by atoms with Crippen LogP contribution in [0.25, 0.3) is 39.1 Å². The molecule has 40 heavy (non-hydrogen) atoms. The summed E-state index contributed by atoms with van der Waals surface area (Å²) in [5, 5.41) is 18.3. The average Bonchev–Trinajstić information content (AvgIpc) is 3.59. The molecule has 2 aromatic carbocycles. The van der Waals surface area contributed by atoms with E-state index in [1.165, 1.54) is 4.57 Å². The van der Waals surface area contributed by atoms with Crippen LogP contribution in [-0.4, -0.2) is 50.1 Å². The Labute approximate surface area is 230 Å². The molecule has 0 aliphatic carbocycles. The van der Waals surface area contributed by atoms with Crippen molar-refractivity contribution < 1.29 is 9.15 Å². The maximum atomic E-state index is 12.1. The van der Waals surface area contributed by atoms with Gasteiger partial charge in [0.2, 0.25) is 0 Å². The lowest BCUT2D eigenvalue weighted by atomic mass is 9.98. The summed E-state index contributed by atoms with van der Waals surface area (Å²) in [5.41, 5.74) is 5.37. The van der Waals surface area contributed by atoms with Gasteiger partial charge in [-0.2, -0.15) is 15.5 Å². The van der Waals surface area contributed by atoms with Crippen molar-refractivity contribution in [1.29, 1.82) is 10.5 Å². The Hall–Kier alpha value is -4.93. The molecule has 0 bridgehead atoms. The Balaban J connectivity index is 1.43. The largest absolute Gasteiger partial charge is 0.464 e. The zero-order valence-corrected chi connectivity index (χ0v) is 22.1. The number of aromatic nitrogens is 4. The topological polar surface area (TPSA) is 125 Å². The summed E-state index contributed by atoms with van der Waals surface area (Å²) in [4.78, 5) is 24.1. The van der Waals surface area contributed by atoms with Gasteiger partial charge in [-0.1, -0.05) is 18.2 Å². The van der Waals surface area contributed by atoms with Crippen molar-refractivity contribution >= 4 is 16.7 Å². The Bertz CT molecular complexity index is 1840. The monoisotopic (exact) mass is 533 g/mol. The molecule has 3 aromatic heterocycles. The van der Waals surface area contributed by atoms with Gasteiger partial charge in [0.15, 0.2) is 11.2 Å². The number of aryl methyl sites for hydroxylation is 1. The van der Waals surface area contributed by atoms with Crippen molar-refractivity contribution in [2.75, 3.05) is 26.2 Å². The molecule has 200 valence electrons. The highest BCUT2D eigenvalue weighted by atomic mass is 16.5. The lowest BCUT2D eigenvalue weighted by Gasteiger charge is -2.31. The third kappa shape index (κ3) is 4.70. The van der Waals surface area contributed by atoms with Crippen LogP contribution in [0.2, 0.25) is 0 Å². The van der Waals surface area contributed by atoms with Gasteiger partial charge in [0.05, 0.1) is 41.1 Å². The third-order valence-electron chi connectivity index (χ3n) is 7.47. The molecule has 1 aliphatic rings. The van der Waals surface area contributed by atoms with Crippen LogP contribution in [0.1, 0.15) is 24.8 Å². The quantitative estimate of drug-likeness (QED) is 0.302. The molecule has 1 fully saturated rings. The molecule has 0 spiro atoms. The Morgan fingerprint density at radius 2 is 1.98 bits per heavy atom. The molecule has 0 unspecified atom stereocenters.